The molecule has 0 bridgehead atoms. The molecule has 0 unspecified atom stereocenters. The van der Waals surface area contributed by atoms with Gasteiger partial charge in [-0.25, -0.2) is 0 Å². The van der Waals surface area contributed by atoms with Gasteiger partial charge in [0, 0.05) is 50.6 Å². The highest BCUT2D eigenvalue weighted by Crippen LogP contribution is 2.25. The minimum absolute atomic E-state index is 0.0223. The van der Waals surface area contributed by atoms with Crippen LogP contribution in [0.2, 0.25) is 0 Å². The van der Waals surface area contributed by atoms with E-state index >= 15 is 0 Å². The molecule has 0 radical (unpaired) electrons. The van der Waals surface area contributed by atoms with E-state index < -0.39 is 0 Å². The van der Waals surface area contributed by atoms with Gasteiger partial charge in [0.2, 0.25) is 11.8 Å². The number of aromatic nitrogens is 2. The number of hydrogen-bond donors (Lipinski definition) is 1. The summed E-state index contributed by atoms with van der Waals surface area (Å²) in [4.78, 5) is 28.6. The minimum atomic E-state index is -0.0391. The van der Waals surface area contributed by atoms with Gasteiger partial charge in [0.25, 0.3) is 0 Å². The Labute approximate surface area is 182 Å². The highest BCUT2D eigenvalue weighted by molar-refractivity contribution is 5.94. The first kappa shape index (κ1) is 21.1. The highest BCUT2D eigenvalue weighted by atomic mass is 16.5. The summed E-state index contributed by atoms with van der Waals surface area (Å²) in [5.74, 6) is 1.02. The minimum Gasteiger partial charge on any atom is -0.490 e. The van der Waals surface area contributed by atoms with Gasteiger partial charge >= 0.3 is 0 Å². The van der Waals surface area contributed by atoms with E-state index in [2.05, 4.69) is 20.4 Å². The summed E-state index contributed by atoms with van der Waals surface area (Å²) in [6, 6.07) is 9.40. The van der Waals surface area contributed by atoms with Gasteiger partial charge < -0.3 is 19.9 Å². The van der Waals surface area contributed by atoms with Crippen molar-refractivity contribution in [3.05, 3.63) is 42.7 Å². The van der Waals surface area contributed by atoms with Crippen molar-refractivity contribution in [2.75, 3.05) is 36.4 Å². The van der Waals surface area contributed by atoms with E-state index in [1.54, 1.807) is 12.4 Å². The van der Waals surface area contributed by atoms with Gasteiger partial charge in [-0.3, -0.25) is 9.59 Å². The number of carbonyl (C=O) groups is 2. The Morgan fingerprint density at radius 1 is 1.06 bits per heavy atom. The molecule has 2 aliphatic heterocycles. The lowest BCUT2D eigenvalue weighted by atomic mass is 9.98. The average molecular weight is 424 g/mol. The number of piperidine rings is 1. The lowest BCUT2D eigenvalue weighted by Crippen LogP contribution is -2.52. The topological polar surface area (TPSA) is 87.7 Å². The Morgan fingerprint density at radius 2 is 1.77 bits per heavy atom. The fraction of sp³-hybridized carbons (Fsp3) is 0.478. The lowest BCUT2D eigenvalue weighted by molar-refractivity contribution is -0.136. The molecule has 1 aromatic heterocycles. The maximum absolute atomic E-state index is 12.5. The molecule has 1 N–H and O–H groups in total. The third-order valence-electron chi connectivity index (χ3n) is 5.86. The number of nitrogens with zero attached hydrogens (tertiary/aromatic N) is 4. The van der Waals surface area contributed by atoms with Crippen molar-refractivity contribution in [2.45, 2.75) is 32.8 Å². The number of nitrogens with one attached hydrogen (secondary N) is 1. The zero-order valence-corrected chi connectivity index (χ0v) is 18.0. The van der Waals surface area contributed by atoms with E-state index in [4.69, 9.17) is 4.74 Å². The highest BCUT2D eigenvalue weighted by Gasteiger charge is 2.33. The first-order valence-electron chi connectivity index (χ1n) is 10.9. The summed E-state index contributed by atoms with van der Waals surface area (Å²) in [5, 5.41) is 10.6. The van der Waals surface area contributed by atoms with Crippen LogP contribution in [0.25, 0.3) is 0 Å². The first-order valence-corrected chi connectivity index (χ1v) is 10.9. The molecule has 0 saturated carbocycles. The van der Waals surface area contributed by atoms with Crippen molar-refractivity contribution in [1.82, 2.24) is 15.1 Å². The van der Waals surface area contributed by atoms with Crippen molar-refractivity contribution < 1.29 is 14.3 Å². The Bertz CT molecular complexity index is 889. The van der Waals surface area contributed by atoms with E-state index in [1.165, 1.54) is 0 Å². The normalized spacial score (nSPS) is 17.4. The van der Waals surface area contributed by atoms with Crippen LogP contribution >= 0.6 is 0 Å². The van der Waals surface area contributed by atoms with Crippen LogP contribution in [0.4, 0.5) is 11.4 Å². The molecule has 0 atom stereocenters. The third-order valence-corrected chi connectivity index (χ3v) is 5.86. The van der Waals surface area contributed by atoms with E-state index in [-0.39, 0.29) is 29.8 Å². The van der Waals surface area contributed by atoms with Crippen molar-refractivity contribution in [1.29, 1.82) is 0 Å². The summed E-state index contributed by atoms with van der Waals surface area (Å²) >= 11 is 0. The van der Waals surface area contributed by atoms with Crippen LogP contribution in [0.5, 0.6) is 5.75 Å². The molecule has 4 rings (SSSR count). The molecular weight excluding hydrogens is 394 g/mol. The van der Waals surface area contributed by atoms with Gasteiger partial charge in [-0.15, -0.1) is 0 Å². The first-order chi connectivity index (χ1) is 15.0. The van der Waals surface area contributed by atoms with E-state index in [9.17, 15) is 9.59 Å². The molecule has 164 valence electrons. The number of carbonyl (C=O) groups excluding carboxylic acids is 2. The maximum Gasteiger partial charge on any atom is 0.231 e. The standard InChI is InChI=1S/C23H29N5O3/c1-16(2)23(30)27-11-8-21(9-12-27)31-20-5-3-18(4-6-20)26-22(29)17-14-28(15-17)19-7-10-24-25-13-19/h3-7,10,13,16-17,21H,8-9,11-12,14-15H2,1-2H3,(H,26,29). The Morgan fingerprint density at radius 3 is 2.39 bits per heavy atom. The summed E-state index contributed by atoms with van der Waals surface area (Å²) in [7, 11) is 0. The van der Waals surface area contributed by atoms with Crippen molar-refractivity contribution in [2.24, 2.45) is 11.8 Å². The van der Waals surface area contributed by atoms with Crippen molar-refractivity contribution >= 4 is 23.2 Å². The van der Waals surface area contributed by atoms with Gasteiger partial charge in [0.1, 0.15) is 11.9 Å². The number of hydrogen-bond acceptors (Lipinski definition) is 6. The Kier molecular flexibility index (Phi) is 6.34. The summed E-state index contributed by atoms with van der Waals surface area (Å²) in [5.41, 5.74) is 1.75. The van der Waals surface area contributed by atoms with E-state index in [0.717, 1.165) is 43.1 Å². The average Bonchev–Trinajstić information content (AvgIpc) is 2.75. The quantitative estimate of drug-likeness (QED) is 0.768. The molecule has 8 heteroatoms. The van der Waals surface area contributed by atoms with Crippen LogP contribution in [0.1, 0.15) is 26.7 Å². The smallest absolute Gasteiger partial charge is 0.231 e. The van der Waals surface area contributed by atoms with E-state index in [0.29, 0.717) is 13.1 Å². The molecule has 2 saturated heterocycles. The van der Waals surface area contributed by atoms with Crippen LogP contribution in [0.15, 0.2) is 42.7 Å². The van der Waals surface area contributed by atoms with Crippen LogP contribution in [-0.4, -0.2) is 59.2 Å². The predicted octanol–water partition coefficient (Wildman–Crippen LogP) is 2.58. The Hall–Kier alpha value is -3.16. The molecule has 0 aliphatic carbocycles. The second-order valence-corrected chi connectivity index (χ2v) is 8.51. The zero-order valence-electron chi connectivity index (χ0n) is 18.0. The van der Waals surface area contributed by atoms with Crippen LogP contribution in [0, 0.1) is 11.8 Å². The predicted molar refractivity (Wildman–Crippen MR) is 118 cm³/mol. The van der Waals surface area contributed by atoms with Crippen molar-refractivity contribution in [3.8, 4) is 5.75 Å². The number of amides is 2. The number of ether oxygens (including phenoxy) is 1. The molecule has 3 heterocycles. The number of likely N-dealkylation sites (tertiary alicyclic amines) is 1. The van der Waals surface area contributed by atoms with Crippen molar-refractivity contribution in [3.63, 3.8) is 0 Å². The number of rotatable bonds is 6. The van der Waals surface area contributed by atoms with Crippen LogP contribution < -0.4 is 15.0 Å². The molecule has 0 spiro atoms. The molecule has 8 nitrogen and oxygen atoms in total. The van der Waals surface area contributed by atoms with Gasteiger partial charge in [-0.1, -0.05) is 13.8 Å². The zero-order chi connectivity index (χ0) is 21.8. The Balaban J connectivity index is 1.21. The maximum atomic E-state index is 12.5. The second-order valence-electron chi connectivity index (χ2n) is 8.51. The molecule has 2 aliphatic rings. The fourth-order valence-corrected chi connectivity index (χ4v) is 3.94. The molecule has 2 fully saturated rings. The lowest BCUT2D eigenvalue weighted by Gasteiger charge is -2.39. The number of anilines is 2. The van der Waals surface area contributed by atoms with Gasteiger partial charge in [0.05, 0.1) is 24.0 Å². The second kappa shape index (κ2) is 9.32. The number of benzene rings is 1. The largest absolute Gasteiger partial charge is 0.490 e. The summed E-state index contributed by atoms with van der Waals surface area (Å²) in [6.45, 7) is 6.70. The van der Waals surface area contributed by atoms with Gasteiger partial charge in [-0.2, -0.15) is 10.2 Å². The summed E-state index contributed by atoms with van der Waals surface area (Å²) in [6.07, 6.45) is 5.14. The van der Waals surface area contributed by atoms with Crippen LogP contribution in [0.3, 0.4) is 0 Å². The van der Waals surface area contributed by atoms with E-state index in [1.807, 2.05) is 49.1 Å². The van der Waals surface area contributed by atoms with Gasteiger partial charge in [-0.05, 0) is 30.3 Å². The SMILES string of the molecule is CC(C)C(=O)N1CCC(Oc2ccc(NC(=O)C3CN(c4ccnnc4)C3)cc2)CC1. The molecular formula is C23H29N5O3. The monoisotopic (exact) mass is 423 g/mol. The molecule has 2 aromatic rings. The third kappa shape index (κ3) is 5.13. The van der Waals surface area contributed by atoms with Gasteiger partial charge in [0.15, 0.2) is 0 Å². The van der Waals surface area contributed by atoms with Crippen LogP contribution in [-0.2, 0) is 9.59 Å². The molecule has 2 amide bonds. The molecule has 1 aromatic carbocycles. The summed E-state index contributed by atoms with van der Waals surface area (Å²) < 4.78 is 6.08. The molecule has 31 heavy (non-hydrogen) atoms. The fourth-order valence-electron chi connectivity index (χ4n) is 3.94.